The number of nitrogens with zero attached hydrogens (tertiary/aromatic N) is 1. The summed E-state index contributed by atoms with van der Waals surface area (Å²) in [7, 11) is -1.26. The Hall–Kier alpha value is -3.32. The molecule has 13 heteroatoms. The number of carbonyl (C=O) groups excluding carboxylic acids is 2. The second-order valence-electron chi connectivity index (χ2n) is 6.83. The van der Waals surface area contributed by atoms with Crippen molar-refractivity contribution in [2.45, 2.75) is 24.2 Å². The van der Waals surface area contributed by atoms with Crippen molar-refractivity contribution in [2.24, 2.45) is 0 Å². The average molecular weight is 489 g/mol. The number of anilines is 1. The number of ether oxygens (including phenoxy) is 2. The number of halogens is 3. The van der Waals surface area contributed by atoms with Gasteiger partial charge in [-0.15, -0.1) is 13.2 Å². The molecule has 0 aromatic heterocycles. The maximum Gasteiger partial charge on any atom is 0.573 e. The Balaban J connectivity index is 1.92. The molecule has 0 heterocycles. The lowest BCUT2D eigenvalue weighted by Crippen LogP contribution is -2.47. The molecule has 0 saturated heterocycles. The van der Waals surface area contributed by atoms with Crippen molar-refractivity contribution in [1.82, 2.24) is 9.62 Å². The SMILES string of the molecule is COc1ccc(S(=O)(=O)N[C@@H](C)C(=O)N(C)CC(=O)Nc2ccc(OC(F)(F)F)cc2)cc1. The van der Waals surface area contributed by atoms with Crippen LogP contribution in [0.5, 0.6) is 11.5 Å². The fraction of sp³-hybridized carbons (Fsp3) is 0.300. The minimum absolute atomic E-state index is 0.0682. The monoisotopic (exact) mass is 489 g/mol. The van der Waals surface area contributed by atoms with E-state index in [1.807, 2.05) is 0 Å². The van der Waals surface area contributed by atoms with Gasteiger partial charge in [-0.2, -0.15) is 4.72 Å². The van der Waals surface area contributed by atoms with Crippen molar-refractivity contribution in [3.8, 4) is 11.5 Å². The summed E-state index contributed by atoms with van der Waals surface area (Å²) < 4.78 is 72.4. The number of methoxy groups -OCH3 is 1. The minimum Gasteiger partial charge on any atom is -0.497 e. The Labute approximate surface area is 188 Å². The second-order valence-corrected chi connectivity index (χ2v) is 8.55. The van der Waals surface area contributed by atoms with Crippen molar-refractivity contribution in [3.05, 3.63) is 48.5 Å². The molecule has 0 spiro atoms. The summed E-state index contributed by atoms with van der Waals surface area (Å²) in [6.45, 7) is 0.908. The molecule has 0 fully saturated rings. The summed E-state index contributed by atoms with van der Waals surface area (Å²) in [6.07, 6.45) is -4.83. The van der Waals surface area contributed by atoms with Gasteiger partial charge in [0, 0.05) is 12.7 Å². The van der Waals surface area contributed by atoms with Crippen LogP contribution in [0.3, 0.4) is 0 Å². The number of alkyl halides is 3. The smallest absolute Gasteiger partial charge is 0.497 e. The summed E-state index contributed by atoms with van der Waals surface area (Å²) in [5, 5.41) is 2.42. The Morgan fingerprint density at radius 1 is 1.03 bits per heavy atom. The van der Waals surface area contributed by atoms with Crippen LogP contribution >= 0.6 is 0 Å². The molecule has 0 radical (unpaired) electrons. The molecular formula is C20H22F3N3O6S. The van der Waals surface area contributed by atoms with Crippen molar-refractivity contribution >= 4 is 27.5 Å². The molecule has 2 N–H and O–H groups in total. The van der Waals surface area contributed by atoms with E-state index in [0.29, 0.717) is 5.75 Å². The maximum absolute atomic E-state index is 12.5. The first-order chi connectivity index (χ1) is 15.3. The first-order valence-corrected chi connectivity index (χ1v) is 10.9. The Morgan fingerprint density at radius 3 is 2.09 bits per heavy atom. The molecule has 2 aromatic rings. The summed E-state index contributed by atoms with van der Waals surface area (Å²) in [5.41, 5.74) is 0.184. The van der Waals surface area contributed by atoms with Gasteiger partial charge in [0.15, 0.2) is 0 Å². The minimum atomic E-state index is -4.83. The van der Waals surface area contributed by atoms with Gasteiger partial charge in [-0.3, -0.25) is 9.59 Å². The van der Waals surface area contributed by atoms with Gasteiger partial charge in [0.1, 0.15) is 11.5 Å². The van der Waals surface area contributed by atoms with Gasteiger partial charge in [-0.1, -0.05) is 0 Å². The van der Waals surface area contributed by atoms with Gasteiger partial charge in [0.25, 0.3) is 0 Å². The fourth-order valence-electron chi connectivity index (χ4n) is 2.67. The zero-order valence-electron chi connectivity index (χ0n) is 17.8. The number of likely N-dealkylation sites (N-methyl/N-ethyl adjacent to an activating group) is 1. The molecule has 0 unspecified atom stereocenters. The quantitative estimate of drug-likeness (QED) is 0.559. The van der Waals surface area contributed by atoms with E-state index in [1.165, 1.54) is 57.5 Å². The van der Waals surface area contributed by atoms with E-state index in [4.69, 9.17) is 4.74 Å². The zero-order valence-corrected chi connectivity index (χ0v) is 18.7. The van der Waals surface area contributed by atoms with Gasteiger partial charge in [0.2, 0.25) is 21.8 Å². The normalized spacial score (nSPS) is 12.5. The number of hydrogen-bond acceptors (Lipinski definition) is 6. The van der Waals surface area contributed by atoms with Crippen LogP contribution in [0.4, 0.5) is 18.9 Å². The third-order valence-electron chi connectivity index (χ3n) is 4.20. The summed E-state index contributed by atoms with van der Waals surface area (Å²) in [4.78, 5) is 25.6. The Bertz CT molecular complexity index is 1070. The molecule has 2 aromatic carbocycles. The maximum atomic E-state index is 12.5. The van der Waals surface area contributed by atoms with E-state index >= 15 is 0 Å². The van der Waals surface area contributed by atoms with Crippen molar-refractivity contribution < 1.29 is 40.7 Å². The van der Waals surface area contributed by atoms with E-state index in [1.54, 1.807) is 0 Å². The highest BCUT2D eigenvalue weighted by molar-refractivity contribution is 7.89. The molecule has 0 aliphatic carbocycles. The number of hydrogen-bond donors (Lipinski definition) is 2. The molecule has 0 aliphatic rings. The molecule has 2 rings (SSSR count). The van der Waals surface area contributed by atoms with E-state index in [0.717, 1.165) is 17.0 Å². The number of carbonyl (C=O) groups is 2. The van der Waals surface area contributed by atoms with Crippen LogP contribution in [0.1, 0.15) is 6.92 Å². The average Bonchev–Trinajstić information content (AvgIpc) is 2.73. The second kappa shape index (κ2) is 10.5. The number of nitrogens with one attached hydrogen (secondary N) is 2. The Kier molecular flexibility index (Phi) is 8.28. The predicted molar refractivity (Wildman–Crippen MR) is 112 cm³/mol. The van der Waals surface area contributed by atoms with Crippen LogP contribution in [0, 0.1) is 0 Å². The van der Waals surface area contributed by atoms with Gasteiger partial charge in [0.05, 0.1) is 24.6 Å². The highest BCUT2D eigenvalue weighted by Gasteiger charge is 2.31. The van der Waals surface area contributed by atoms with Crippen molar-refractivity contribution in [1.29, 1.82) is 0 Å². The molecule has 0 bridgehead atoms. The molecule has 9 nitrogen and oxygen atoms in total. The molecule has 0 saturated carbocycles. The number of sulfonamides is 1. The standard InChI is InChI=1S/C20H22F3N3O6S/c1-13(25-33(29,30)17-10-8-15(31-3)9-11-17)19(28)26(2)12-18(27)24-14-4-6-16(7-5-14)32-20(21,22)23/h4-11,13,25H,12H2,1-3H3,(H,24,27)/t13-/m0/s1. The van der Waals surface area contributed by atoms with Crippen molar-refractivity contribution in [3.63, 3.8) is 0 Å². The van der Waals surface area contributed by atoms with Crippen LogP contribution in [-0.4, -0.2) is 58.2 Å². The van der Waals surface area contributed by atoms with Crippen LogP contribution in [0.2, 0.25) is 0 Å². The third kappa shape index (κ3) is 7.95. The van der Waals surface area contributed by atoms with E-state index in [2.05, 4.69) is 14.8 Å². The number of rotatable bonds is 9. The van der Waals surface area contributed by atoms with Crippen molar-refractivity contribution in [2.75, 3.05) is 26.0 Å². The van der Waals surface area contributed by atoms with Crippen LogP contribution in [-0.2, 0) is 19.6 Å². The van der Waals surface area contributed by atoms with E-state index in [9.17, 15) is 31.2 Å². The van der Waals surface area contributed by atoms with Crippen LogP contribution < -0.4 is 19.5 Å². The topological polar surface area (TPSA) is 114 Å². The van der Waals surface area contributed by atoms with E-state index < -0.39 is 46.5 Å². The predicted octanol–water partition coefficient (Wildman–Crippen LogP) is 2.36. The van der Waals surface area contributed by atoms with Gasteiger partial charge in [-0.25, -0.2) is 8.42 Å². The number of benzene rings is 2. The summed E-state index contributed by atoms with van der Waals surface area (Å²) in [5.74, 6) is -1.30. The van der Waals surface area contributed by atoms with Gasteiger partial charge >= 0.3 is 6.36 Å². The third-order valence-corrected chi connectivity index (χ3v) is 5.76. The van der Waals surface area contributed by atoms with Gasteiger partial charge < -0.3 is 19.7 Å². The molecule has 33 heavy (non-hydrogen) atoms. The zero-order chi connectivity index (χ0) is 24.8. The van der Waals surface area contributed by atoms with Crippen LogP contribution in [0.25, 0.3) is 0 Å². The lowest BCUT2D eigenvalue weighted by atomic mass is 10.3. The Morgan fingerprint density at radius 2 is 1.58 bits per heavy atom. The first kappa shape index (κ1) is 25.9. The molecule has 0 aliphatic heterocycles. The van der Waals surface area contributed by atoms with Crippen LogP contribution in [0.15, 0.2) is 53.4 Å². The first-order valence-electron chi connectivity index (χ1n) is 9.38. The molecule has 1 atom stereocenters. The van der Waals surface area contributed by atoms with Gasteiger partial charge in [-0.05, 0) is 55.5 Å². The summed E-state index contributed by atoms with van der Waals surface area (Å²) >= 11 is 0. The fourth-order valence-corrected chi connectivity index (χ4v) is 3.87. The lowest BCUT2D eigenvalue weighted by molar-refractivity contribution is -0.274. The molecule has 180 valence electrons. The molecular weight excluding hydrogens is 467 g/mol. The largest absolute Gasteiger partial charge is 0.573 e. The highest BCUT2D eigenvalue weighted by Crippen LogP contribution is 2.24. The van der Waals surface area contributed by atoms with E-state index in [-0.39, 0.29) is 10.6 Å². The lowest BCUT2D eigenvalue weighted by Gasteiger charge is -2.21. The summed E-state index contributed by atoms with van der Waals surface area (Å²) in [6, 6.07) is 8.83. The molecule has 2 amide bonds. The number of amides is 2. The highest BCUT2D eigenvalue weighted by atomic mass is 32.2.